The van der Waals surface area contributed by atoms with Gasteiger partial charge in [-0.05, 0) is 25.7 Å². The van der Waals surface area contributed by atoms with Crippen LogP contribution in [0.5, 0.6) is 0 Å². The Morgan fingerprint density at radius 2 is 2.29 bits per heavy atom. The molecule has 0 amide bonds. The van der Waals surface area contributed by atoms with E-state index < -0.39 is 0 Å². The summed E-state index contributed by atoms with van der Waals surface area (Å²) in [5.74, 6) is 0.550. The number of esters is 1. The van der Waals surface area contributed by atoms with E-state index in [0.717, 1.165) is 6.54 Å². The monoisotopic (exact) mass is 237 g/mol. The molecule has 0 saturated heterocycles. The molecule has 0 spiro atoms. The number of carbonyl (C=O) groups excluding carboxylic acids is 1. The number of hydrogen-bond acceptors (Lipinski definition) is 4. The molecule has 0 aliphatic heterocycles. The van der Waals surface area contributed by atoms with Gasteiger partial charge in [0.1, 0.15) is 5.56 Å². The van der Waals surface area contributed by atoms with Crippen LogP contribution in [0.15, 0.2) is 6.20 Å². The second kappa shape index (κ2) is 5.21. The fourth-order valence-electron chi connectivity index (χ4n) is 2.35. The lowest BCUT2D eigenvalue weighted by molar-refractivity contribution is 0.0527. The lowest BCUT2D eigenvalue weighted by atomic mass is 10.1. The van der Waals surface area contributed by atoms with Gasteiger partial charge in [0.25, 0.3) is 0 Å². The number of nitrogen functional groups attached to an aromatic ring is 1. The topological polar surface area (TPSA) is 70.1 Å². The van der Waals surface area contributed by atoms with E-state index in [1.165, 1.54) is 25.7 Å². The highest BCUT2D eigenvalue weighted by atomic mass is 16.5. The van der Waals surface area contributed by atoms with Gasteiger partial charge in [-0.15, -0.1) is 0 Å². The van der Waals surface area contributed by atoms with E-state index in [0.29, 0.717) is 18.1 Å². The number of hydrogen-bond donors (Lipinski definition) is 1. The van der Waals surface area contributed by atoms with Crippen LogP contribution in [0.4, 0.5) is 5.82 Å². The molecule has 1 aromatic rings. The number of rotatable bonds is 4. The molecule has 0 bridgehead atoms. The maximum atomic E-state index is 11.6. The van der Waals surface area contributed by atoms with Crippen molar-refractivity contribution in [1.82, 2.24) is 9.78 Å². The summed E-state index contributed by atoms with van der Waals surface area (Å²) in [4.78, 5) is 11.6. The number of nitrogens with two attached hydrogens (primary N) is 1. The molecule has 17 heavy (non-hydrogen) atoms. The summed E-state index contributed by atoms with van der Waals surface area (Å²) < 4.78 is 6.70. The SMILES string of the molecule is CCOC(=O)c1cn(CC2CCCC2)nc1N. The van der Waals surface area contributed by atoms with Gasteiger partial charge in [-0.3, -0.25) is 4.68 Å². The highest BCUT2D eigenvalue weighted by molar-refractivity contribution is 5.93. The van der Waals surface area contributed by atoms with E-state index in [1.807, 2.05) is 0 Å². The molecule has 2 N–H and O–H groups in total. The Balaban J connectivity index is 2.04. The summed E-state index contributed by atoms with van der Waals surface area (Å²) in [5, 5.41) is 4.17. The van der Waals surface area contributed by atoms with Crippen LogP contribution in [-0.4, -0.2) is 22.4 Å². The maximum absolute atomic E-state index is 11.6. The molecule has 5 nitrogen and oxygen atoms in total. The van der Waals surface area contributed by atoms with Gasteiger partial charge >= 0.3 is 5.97 Å². The average molecular weight is 237 g/mol. The third-order valence-corrected chi connectivity index (χ3v) is 3.21. The molecule has 0 atom stereocenters. The summed E-state index contributed by atoms with van der Waals surface area (Å²) in [7, 11) is 0. The number of nitrogens with zero attached hydrogens (tertiary/aromatic N) is 2. The highest BCUT2D eigenvalue weighted by Crippen LogP contribution is 2.26. The van der Waals surface area contributed by atoms with E-state index in [4.69, 9.17) is 10.5 Å². The Hall–Kier alpha value is -1.52. The molecule has 1 aromatic heterocycles. The lowest BCUT2D eigenvalue weighted by Crippen LogP contribution is -2.08. The van der Waals surface area contributed by atoms with Gasteiger partial charge in [0.15, 0.2) is 5.82 Å². The molecular weight excluding hydrogens is 218 g/mol. The van der Waals surface area contributed by atoms with Crippen LogP contribution in [0.25, 0.3) is 0 Å². The van der Waals surface area contributed by atoms with Crippen molar-refractivity contribution in [1.29, 1.82) is 0 Å². The van der Waals surface area contributed by atoms with Gasteiger partial charge in [-0.1, -0.05) is 12.8 Å². The Morgan fingerprint density at radius 1 is 1.59 bits per heavy atom. The van der Waals surface area contributed by atoms with Crippen LogP contribution in [0.2, 0.25) is 0 Å². The molecule has 0 radical (unpaired) electrons. The van der Waals surface area contributed by atoms with Crippen molar-refractivity contribution < 1.29 is 9.53 Å². The van der Waals surface area contributed by atoms with Crippen LogP contribution in [0.3, 0.4) is 0 Å². The summed E-state index contributed by atoms with van der Waals surface area (Å²) in [6, 6.07) is 0. The van der Waals surface area contributed by atoms with Crippen molar-refractivity contribution in [3.8, 4) is 0 Å². The van der Waals surface area contributed by atoms with Crippen molar-refractivity contribution in [3.05, 3.63) is 11.8 Å². The van der Waals surface area contributed by atoms with Crippen LogP contribution >= 0.6 is 0 Å². The van der Waals surface area contributed by atoms with E-state index in [2.05, 4.69) is 5.10 Å². The molecule has 94 valence electrons. The van der Waals surface area contributed by atoms with Gasteiger partial charge < -0.3 is 10.5 Å². The Labute approximate surface area is 101 Å². The summed E-state index contributed by atoms with van der Waals surface area (Å²) >= 11 is 0. The predicted molar refractivity (Wildman–Crippen MR) is 64.6 cm³/mol. The molecule has 2 rings (SSSR count). The normalized spacial score (nSPS) is 16.3. The minimum Gasteiger partial charge on any atom is -0.462 e. The van der Waals surface area contributed by atoms with Gasteiger partial charge in [-0.2, -0.15) is 5.10 Å². The summed E-state index contributed by atoms with van der Waals surface area (Å²) in [6.07, 6.45) is 6.78. The van der Waals surface area contributed by atoms with Crippen molar-refractivity contribution >= 4 is 11.8 Å². The molecular formula is C12H19N3O2. The quantitative estimate of drug-likeness (QED) is 0.811. The van der Waals surface area contributed by atoms with Gasteiger partial charge in [-0.25, -0.2) is 4.79 Å². The van der Waals surface area contributed by atoms with Crippen LogP contribution in [0.1, 0.15) is 43.0 Å². The first-order valence-electron chi connectivity index (χ1n) is 6.20. The molecule has 5 heteroatoms. The summed E-state index contributed by atoms with van der Waals surface area (Å²) in [5.41, 5.74) is 6.09. The van der Waals surface area contributed by atoms with E-state index in [9.17, 15) is 4.79 Å². The van der Waals surface area contributed by atoms with Gasteiger partial charge in [0, 0.05) is 12.7 Å². The molecule has 1 fully saturated rings. The largest absolute Gasteiger partial charge is 0.462 e. The van der Waals surface area contributed by atoms with Crippen LogP contribution < -0.4 is 5.73 Å². The van der Waals surface area contributed by atoms with Crippen molar-refractivity contribution in [2.45, 2.75) is 39.2 Å². The predicted octanol–water partition coefficient (Wildman–Crippen LogP) is 1.83. The van der Waals surface area contributed by atoms with E-state index in [1.54, 1.807) is 17.8 Å². The first kappa shape index (κ1) is 12.0. The molecule has 1 aliphatic rings. The first-order chi connectivity index (χ1) is 8.20. The minimum atomic E-state index is -0.386. The Bertz CT molecular complexity index is 394. The molecule has 1 aliphatic carbocycles. The highest BCUT2D eigenvalue weighted by Gasteiger charge is 2.19. The number of anilines is 1. The standard InChI is InChI=1S/C12H19N3O2/c1-2-17-12(16)10-8-15(14-11(10)13)7-9-5-3-4-6-9/h8-9H,2-7H2,1H3,(H2,13,14). The zero-order chi connectivity index (χ0) is 12.3. The molecule has 1 saturated carbocycles. The molecule has 0 aromatic carbocycles. The van der Waals surface area contributed by atoms with E-state index in [-0.39, 0.29) is 11.8 Å². The number of aromatic nitrogens is 2. The number of ether oxygens (including phenoxy) is 1. The third kappa shape index (κ3) is 2.78. The second-order valence-electron chi connectivity index (χ2n) is 4.52. The van der Waals surface area contributed by atoms with Crippen molar-refractivity contribution in [2.75, 3.05) is 12.3 Å². The van der Waals surface area contributed by atoms with Crippen molar-refractivity contribution in [2.24, 2.45) is 5.92 Å². The molecule has 1 heterocycles. The Kier molecular flexibility index (Phi) is 3.66. The van der Waals surface area contributed by atoms with Gasteiger partial charge in [0.05, 0.1) is 6.61 Å². The average Bonchev–Trinajstić information content (AvgIpc) is 2.89. The van der Waals surface area contributed by atoms with Gasteiger partial charge in [0.2, 0.25) is 0 Å². The maximum Gasteiger partial charge on any atom is 0.343 e. The second-order valence-corrected chi connectivity index (χ2v) is 4.52. The van der Waals surface area contributed by atoms with E-state index >= 15 is 0 Å². The molecule has 0 unspecified atom stereocenters. The number of carbonyl (C=O) groups is 1. The lowest BCUT2D eigenvalue weighted by Gasteiger charge is -2.07. The zero-order valence-electron chi connectivity index (χ0n) is 10.2. The first-order valence-corrected chi connectivity index (χ1v) is 6.20. The zero-order valence-corrected chi connectivity index (χ0v) is 10.2. The fourth-order valence-corrected chi connectivity index (χ4v) is 2.35. The smallest absolute Gasteiger partial charge is 0.343 e. The van der Waals surface area contributed by atoms with Crippen molar-refractivity contribution in [3.63, 3.8) is 0 Å². The van der Waals surface area contributed by atoms with Crippen LogP contribution in [0, 0.1) is 5.92 Å². The summed E-state index contributed by atoms with van der Waals surface area (Å²) in [6.45, 7) is 2.98. The third-order valence-electron chi connectivity index (χ3n) is 3.21. The van der Waals surface area contributed by atoms with Crippen LogP contribution in [-0.2, 0) is 11.3 Å². The Morgan fingerprint density at radius 3 is 2.94 bits per heavy atom. The minimum absolute atomic E-state index is 0.265. The fraction of sp³-hybridized carbons (Fsp3) is 0.667.